The molecule has 104 valence electrons. The molecular formula is C14H18FNO3. The number of benzene rings is 1. The first kappa shape index (κ1) is 13.6. The third kappa shape index (κ3) is 3.36. The molecule has 0 heterocycles. The zero-order valence-corrected chi connectivity index (χ0v) is 11.0. The number of carbonyl (C=O) groups is 1. The maximum absolute atomic E-state index is 13.5. The molecule has 0 spiro atoms. The van der Waals surface area contributed by atoms with Crippen LogP contribution in [-0.4, -0.2) is 23.3 Å². The Morgan fingerprint density at radius 3 is 2.74 bits per heavy atom. The van der Waals surface area contributed by atoms with E-state index < -0.39 is 6.09 Å². The first-order valence-electron chi connectivity index (χ1n) is 6.41. The van der Waals surface area contributed by atoms with E-state index in [4.69, 9.17) is 9.84 Å². The fourth-order valence-corrected chi connectivity index (χ4v) is 2.18. The van der Waals surface area contributed by atoms with Gasteiger partial charge in [-0.1, -0.05) is 13.8 Å². The standard InChI is InChI=1S/C14H18FNO3/c1-8(2)12-7-10(3-4-13(12)15)19-11-5-9(6-11)16-14(17)18/h3-4,7-9,11,16H,5-6H2,1-2H3,(H,17,18). The predicted octanol–water partition coefficient (Wildman–Crippen LogP) is 3.13. The average Bonchev–Trinajstić information content (AvgIpc) is 2.27. The van der Waals surface area contributed by atoms with Crippen molar-refractivity contribution in [2.45, 2.75) is 44.8 Å². The van der Waals surface area contributed by atoms with Crippen LogP contribution in [0.4, 0.5) is 9.18 Å². The van der Waals surface area contributed by atoms with Crippen LogP contribution in [0.25, 0.3) is 0 Å². The van der Waals surface area contributed by atoms with Crippen LogP contribution in [0, 0.1) is 5.82 Å². The normalized spacial score (nSPS) is 21.9. The summed E-state index contributed by atoms with van der Waals surface area (Å²) >= 11 is 0. The third-order valence-corrected chi connectivity index (χ3v) is 3.31. The summed E-state index contributed by atoms with van der Waals surface area (Å²) in [6.07, 6.45) is 0.302. The van der Waals surface area contributed by atoms with E-state index in [0.29, 0.717) is 24.2 Å². The summed E-state index contributed by atoms with van der Waals surface area (Å²) in [7, 11) is 0. The molecule has 2 N–H and O–H groups in total. The van der Waals surface area contributed by atoms with Crippen molar-refractivity contribution in [1.82, 2.24) is 5.32 Å². The maximum Gasteiger partial charge on any atom is 0.404 e. The molecule has 1 aromatic rings. The van der Waals surface area contributed by atoms with Crippen LogP contribution >= 0.6 is 0 Å². The second-order valence-electron chi connectivity index (χ2n) is 5.20. The van der Waals surface area contributed by atoms with Crippen LogP contribution < -0.4 is 10.1 Å². The number of carboxylic acid groups (broad SMARTS) is 1. The van der Waals surface area contributed by atoms with Gasteiger partial charge in [-0.25, -0.2) is 9.18 Å². The molecule has 0 atom stereocenters. The average molecular weight is 267 g/mol. The lowest BCUT2D eigenvalue weighted by Gasteiger charge is -2.35. The monoisotopic (exact) mass is 267 g/mol. The van der Waals surface area contributed by atoms with Crippen LogP contribution in [0.15, 0.2) is 18.2 Å². The number of amides is 1. The molecule has 0 saturated heterocycles. The Hall–Kier alpha value is -1.78. The van der Waals surface area contributed by atoms with Gasteiger partial charge in [0.25, 0.3) is 0 Å². The number of rotatable bonds is 4. The van der Waals surface area contributed by atoms with E-state index >= 15 is 0 Å². The molecule has 1 aliphatic carbocycles. The zero-order valence-electron chi connectivity index (χ0n) is 11.0. The van der Waals surface area contributed by atoms with Crippen LogP contribution in [0.2, 0.25) is 0 Å². The Kier molecular flexibility index (Phi) is 3.93. The number of halogens is 1. The highest BCUT2D eigenvalue weighted by Gasteiger charge is 2.32. The quantitative estimate of drug-likeness (QED) is 0.881. The van der Waals surface area contributed by atoms with E-state index in [2.05, 4.69) is 5.32 Å². The van der Waals surface area contributed by atoms with Crippen molar-refractivity contribution in [1.29, 1.82) is 0 Å². The molecule has 0 aliphatic heterocycles. The van der Waals surface area contributed by atoms with Gasteiger partial charge in [0.1, 0.15) is 17.7 Å². The summed E-state index contributed by atoms with van der Waals surface area (Å²) in [5.74, 6) is 0.525. The highest BCUT2D eigenvalue weighted by atomic mass is 19.1. The Bertz CT molecular complexity index is 470. The predicted molar refractivity (Wildman–Crippen MR) is 69.1 cm³/mol. The van der Waals surface area contributed by atoms with E-state index in [1.54, 1.807) is 12.1 Å². The van der Waals surface area contributed by atoms with Gasteiger partial charge in [0.15, 0.2) is 0 Å². The highest BCUT2D eigenvalue weighted by molar-refractivity contribution is 5.65. The van der Waals surface area contributed by atoms with Gasteiger partial charge in [0, 0.05) is 18.9 Å². The van der Waals surface area contributed by atoms with Crippen molar-refractivity contribution in [3.05, 3.63) is 29.6 Å². The fourth-order valence-electron chi connectivity index (χ4n) is 2.18. The summed E-state index contributed by atoms with van der Waals surface area (Å²) in [4.78, 5) is 10.4. The number of ether oxygens (including phenoxy) is 1. The summed E-state index contributed by atoms with van der Waals surface area (Å²) < 4.78 is 19.2. The van der Waals surface area contributed by atoms with Gasteiger partial charge in [-0.15, -0.1) is 0 Å². The van der Waals surface area contributed by atoms with Gasteiger partial charge in [-0.2, -0.15) is 0 Å². The molecule has 19 heavy (non-hydrogen) atoms. The van der Waals surface area contributed by atoms with Crippen molar-refractivity contribution >= 4 is 6.09 Å². The highest BCUT2D eigenvalue weighted by Crippen LogP contribution is 2.29. The van der Waals surface area contributed by atoms with Crippen molar-refractivity contribution in [3.8, 4) is 5.75 Å². The second-order valence-corrected chi connectivity index (χ2v) is 5.20. The first-order valence-corrected chi connectivity index (χ1v) is 6.41. The Morgan fingerprint density at radius 1 is 1.47 bits per heavy atom. The summed E-state index contributed by atoms with van der Waals surface area (Å²) in [5, 5.41) is 11.0. The molecule has 0 bridgehead atoms. The van der Waals surface area contributed by atoms with Crippen molar-refractivity contribution in [3.63, 3.8) is 0 Å². The molecule has 1 amide bonds. The molecule has 0 aromatic heterocycles. The summed E-state index contributed by atoms with van der Waals surface area (Å²) in [6, 6.07) is 4.71. The smallest absolute Gasteiger partial charge is 0.404 e. The van der Waals surface area contributed by atoms with E-state index in [-0.39, 0.29) is 23.9 Å². The molecule has 0 radical (unpaired) electrons. The van der Waals surface area contributed by atoms with Crippen molar-refractivity contribution < 1.29 is 19.0 Å². The van der Waals surface area contributed by atoms with Gasteiger partial charge >= 0.3 is 6.09 Å². The Morgan fingerprint density at radius 2 is 2.16 bits per heavy atom. The molecule has 5 heteroatoms. The fraction of sp³-hybridized carbons (Fsp3) is 0.500. The number of hydrogen-bond donors (Lipinski definition) is 2. The number of nitrogens with one attached hydrogen (secondary N) is 1. The molecule has 1 aliphatic rings. The van der Waals surface area contributed by atoms with Gasteiger partial charge in [-0.05, 0) is 29.7 Å². The second kappa shape index (κ2) is 5.47. The summed E-state index contributed by atoms with van der Waals surface area (Å²) in [5.41, 5.74) is 0.636. The maximum atomic E-state index is 13.5. The van der Waals surface area contributed by atoms with Gasteiger partial charge in [0.2, 0.25) is 0 Å². The van der Waals surface area contributed by atoms with E-state index in [1.807, 2.05) is 13.8 Å². The van der Waals surface area contributed by atoms with Gasteiger partial charge < -0.3 is 15.2 Å². The van der Waals surface area contributed by atoms with Crippen LogP contribution in [0.1, 0.15) is 38.2 Å². The van der Waals surface area contributed by atoms with Crippen molar-refractivity contribution in [2.75, 3.05) is 0 Å². The molecular weight excluding hydrogens is 249 g/mol. The van der Waals surface area contributed by atoms with Crippen LogP contribution in [0.5, 0.6) is 5.75 Å². The van der Waals surface area contributed by atoms with Crippen molar-refractivity contribution in [2.24, 2.45) is 0 Å². The van der Waals surface area contributed by atoms with Gasteiger partial charge in [0.05, 0.1) is 0 Å². The topological polar surface area (TPSA) is 58.6 Å². The Labute approximate surface area is 111 Å². The lowest BCUT2D eigenvalue weighted by atomic mass is 9.89. The van der Waals surface area contributed by atoms with Crippen LogP contribution in [0.3, 0.4) is 0 Å². The molecule has 1 fully saturated rings. The van der Waals surface area contributed by atoms with E-state index in [0.717, 1.165) is 0 Å². The molecule has 0 unspecified atom stereocenters. The third-order valence-electron chi connectivity index (χ3n) is 3.31. The Balaban J connectivity index is 1.91. The largest absolute Gasteiger partial charge is 0.490 e. The zero-order chi connectivity index (χ0) is 14.0. The van der Waals surface area contributed by atoms with Crippen LogP contribution in [-0.2, 0) is 0 Å². The molecule has 2 rings (SSSR count). The molecule has 1 aromatic carbocycles. The lowest BCUT2D eigenvalue weighted by Crippen LogP contribution is -2.48. The van der Waals surface area contributed by atoms with E-state index in [9.17, 15) is 9.18 Å². The van der Waals surface area contributed by atoms with E-state index in [1.165, 1.54) is 6.07 Å². The van der Waals surface area contributed by atoms with Gasteiger partial charge in [-0.3, -0.25) is 0 Å². The minimum absolute atomic E-state index is 0.00215. The number of hydrogen-bond acceptors (Lipinski definition) is 2. The minimum Gasteiger partial charge on any atom is -0.490 e. The lowest BCUT2D eigenvalue weighted by molar-refractivity contribution is 0.0832. The SMILES string of the molecule is CC(C)c1cc(OC2CC(NC(=O)O)C2)ccc1F. The minimum atomic E-state index is -1.01. The molecule has 4 nitrogen and oxygen atoms in total. The summed E-state index contributed by atoms with van der Waals surface area (Å²) in [6.45, 7) is 3.86. The molecule has 1 saturated carbocycles. The first-order chi connectivity index (χ1) is 8.95.